The van der Waals surface area contributed by atoms with Gasteiger partial charge in [-0.2, -0.15) is 0 Å². The molecule has 0 unspecified atom stereocenters. The minimum atomic E-state index is 0.128. The average molecular weight is 393 g/mol. The highest BCUT2D eigenvalue weighted by atomic mass is 32.1. The molecule has 0 atom stereocenters. The molecule has 3 aromatic heterocycles. The summed E-state index contributed by atoms with van der Waals surface area (Å²) in [4.78, 5) is 24.4. The fraction of sp³-hybridized carbons (Fsp3) is 0.318. The molecule has 28 heavy (non-hydrogen) atoms. The number of thiophene rings is 1. The number of aromatic nitrogens is 2. The van der Waals surface area contributed by atoms with Crippen molar-refractivity contribution in [3.05, 3.63) is 54.4 Å². The molecule has 144 valence electrons. The van der Waals surface area contributed by atoms with Crippen LogP contribution in [-0.2, 0) is 11.3 Å². The van der Waals surface area contributed by atoms with Gasteiger partial charge in [0.25, 0.3) is 0 Å². The highest BCUT2D eigenvalue weighted by molar-refractivity contribution is 7.22. The second kappa shape index (κ2) is 8.20. The van der Waals surface area contributed by atoms with E-state index in [9.17, 15) is 4.79 Å². The predicted molar refractivity (Wildman–Crippen MR) is 115 cm³/mol. The van der Waals surface area contributed by atoms with Crippen molar-refractivity contribution in [2.75, 3.05) is 13.1 Å². The first-order valence-corrected chi connectivity index (χ1v) is 10.4. The second-order valence-electron chi connectivity index (χ2n) is 7.11. The Morgan fingerprint density at radius 3 is 2.82 bits per heavy atom. The molecule has 1 fully saturated rings. The van der Waals surface area contributed by atoms with Gasteiger partial charge in [-0.25, -0.2) is 0 Å². The molecule has 1 aliphatic rings. The van der Waals surface area contributed by atoms with Gasteiger partial charge in [-0.3, -0.25) is 14.8 Å². The number of carbonyl (C=O) groups is 1. The summed E-state index contributed by atoms with van der Waals surface area (Å²) in [6.45, 7) is 8.09. The summed E-state index contributed by atoms with van der Waals surface area (Å²) in [6, 6.07) is 8.47. The summed E-state index contributed by atoms with van der Waals surface area (Å²) in [5.74, 6) is 0.128. The van der Waals surface area contributed by atoms with Crippen molar-refractivity contribution in [2.45, 2.75) is 32.4 Å². The summed E-state index contributed by atoms with van der Waals surface area (Å²) in [6.07, 6.45) is 7.57. The molecule has 1 aliphatic heterocycles. The molecule has 1 N–H and O–H groups in total. The highest BCUT2D eigenvalue weighted by Crippen LogP contribution is 2.34. The maximum absolute atomic E-state index is 12.2. The third kappa shape index (κ3) is 3.84. The molecule has 0 aliphatic carbocycles. The van der Waals surface area contributed by atoms with Crippen molar-refractivity contribution in [2.24, 2.45) is 0 Å². The molecule has 0 radical (unpaired) electrons. The number of hydrogen-bond acceptors (Lipinski definition) is 5. The number of pyridine rings is 2. The molecule has 6 heteroatoms. The van der Waals surface area contributed by atoms with Gasteiger partial charge in [0.1, 0.15) is 0 Å². The van der Waals surface area contributed by atoms with Gasteiger partial charge >= 0.3 is 0 Å². The summed E-state index contributed by atoms with van der Waals surface area (Å²) >= 11 is 1.68. The molecule has 4 heterocycles. The van der Waals surface area contributed by atoms with Crippen molar-refractivity contribution in [3.63, 3.8) is 0 Å². The van der Waals surface area contributed by atoms with Gasteiger partial charge in [-0.05, 0) is 55.3 Å². The number of amides is 1. The van der Waals surface area contributed by atoms with E-state index in [0.717, 1.165) is 57.8 Å². The Morgan fingerprint density at radius 1 is 1.32 bits per heavy atom. The van der Waals surface area contributed by atoms with Crippen molar-refractivity contribution < 1.29 is 4.79 Å². The van der Waals surface area contributed by atoms with Crippen LogP contribution in [0.1, 0.15) is 30.9 Å². The smallest absolute Gasteiger partial charge is 0.219 e. The van der Waals surface area contributed by atoms with Gasteiger partial charge < -0.3 is 10.2 Å². The van der Waals surface area contributed by atoms with E-state index in [0.29, 0.717) is 12.6 Å². The van der Waals surface area contributed by atoms with E-state index in [1.807, 2.05) is 35.5 Å². The van der Waals surface area contributed by atoms with Crippen molar-refractivity contribution >= 4 is 33.5 Å². The van der Waals surface area contributed by atoms with Gasteiger partial charge in [0.15, 0.2) is 0 Å². The molecule has 1 amide bonds. The van der Waals surface area contributed by atoms with Crippen LogP contribution in [0.25, 0.3) is 26.9 Å². The fourth-order valence-corrected chi connectivity index (χ4v) is 4.82. The van der Waals surface area contributed by atoms with Crippen molar-refractivity contribution in [3.8, 4) is 10.6 Å². The van der Waals surface area contributed by atoms with Gasteiger partial charge in [-0.1, -0.05) is 18.7 Å². The third-order valence-electron chi connectivity index (χ3n) is 5.25. The van der Waals surface area contributed by atoms with Crippen LogP contribution in [0.3, 0.4) is 0 Å². The molecule has 5 nitrogen and oxygen atoms in total. The van der Waals surface area contributed by atoms with Crippen LogP contribution in [0.4, 0.5) is 0 Å². The maximum atomic E-state index is 12.2. The van der Waals surface area contributed by atoms with Crippen LogP contribution in [-0.4, -0.2) is 39.9 Å². The molecular weight excluding hydrogens is 368 g/mol. The Hall–Kier alpha value is -2.57. The Labute approximate surface area is 169 Å². The minimum Gasteiger partial charge on any atom is -0.335 e. The number of rotatable bonds is 5. The third-order valence-corrected chi connectivity index (χ3v) is 6.44. The SMILES string of the molecule is C=Cc1ccnc2cc(-c3ccc(CN(C(C)=O)C4CCNCC4)cn3)sc12. The first-order chi connectivity index (χ1) is 13.7. The standard InChI is InChI=1S/C22H24N4OS/c1-3-17-6-11-24-20-12-21(28-22(17)20)19-5-4-16(13-25-19)14-26(15(2)27)18-7-9-23-10-8-18/h3-6,11-13,18,23H,1,7-10,14H2,2H3. The largest absolute Gasteiger partial charge is 0.335 e. The fourth-order valence-electron chi connectivity index (χ4n) is 3.72. The first kappa shape index (κ1) is 18.8. The van der Waals surface area contributed by atoms with Crippen LogP contribution in [0.2, 0.25) is 0 Å². The van der Waals surface area contributed by atoms with Crippen LogP contribution in [0.5, 0.6) is 0 Å². The average Bonchev–Trinajstić information content (AvgIpc) is 3.17. The first-order valence-electron chi connectivity index (χ1n) is 9.60. The van der Waals surface area contributed by atoms with E-state index < -0.39 is 0 Å². The van der Waals surface area contributed by atoms with Gasteiger partial charge in [0.2, 0.25) is 5.91 Å². The second-order valence-corrected chi connectivity index (χ2v) is 8.16. The van der Waals surface area contributed by atoms with Crippen LogP contribution in [0.15, 0.2) is 43.2 Å². The van der Waals surface area contributed by atoms with E-state index in [4.69, 9.17) is 0 Å². The van der Waals surface area contributed by atoms with Crippen LogP contribution in [0, 0.1) is 0 Å². The lowest BCUT2D eigenvalue weighted by atomic mass is 10.0. The van der Waals surface area contributed by atoms with Crippen molar-refractivity contribution in [1.29, 1.82) is 0 Å². The Balaban J connectivity index is 1.55. The number of nitrogens with zero attached hydrogens (tertiary/aromatic N) is 3. The highest BCUT2D eigenvalue weighted by Gasteiger charge is 2.23. The summed E-state index contributed by atoms with van der Waals surface area (Å²) in [5, 5.41) is 3.36. The molecule has 4 rings (SSSR count). The zero-order valence-corrected chi connectivity index (χ0v) is 16.8. The number of carbonyl (C=O) groups excluding carboxylic acids is 1. The summed E-state index contributed by atoms with van der Waals surface area (Å²) < 4.78 is 1.13. The number of hydrogen-bond donors (Lipinski definition) is 1. The Morgan fingerprint density at radius 2 is 2.14 bits per heavy atom. The van der Waals surface area contributed by atoms with E-state index in [2.05, 4.69) is 34.0 Å². The number of nitrogens with one attached hydrogen (secondary N) is 1. The lowest BCUT2D eigenvalue weighted by Crippen LogP contribution is -2.44. The molecule has 0 spiro atoms. The van der Waals surface area contributed by atoms with Gasteiger partial charge in [-0.15, -0.1) is 11.3 Å². The Kier molecular flexibility index (Phi) is 5.50. The van der Waals surface area contributed by atoms with E-state index >= 15 is 0 Å². The minimum absolute atomic E-state index is 0.128. The normalized spacial score (nSPS) is 14.9. The quantitative estimate of drug-likeness (QED) is 0.710. The lowest BCUT2D eigenvalue weighted by Gasteiger charge is -2.34. The molecule has 1 saturated heterocycles. The predicted octanol–water partition coefficient (Wildman–Crippen LogP) is 4.10. The van der Waals surface area contributed by atoms with E-state index in [1.54, 1.807) is 18.3 Å². The number of piperidine rings is 1. The summed E-state index contributed by atoms with van der Waals surface area (Å²) in [5.41, 5.74) is 4.05. The summed E-state index contributed by atoms with van der Waals surface area (Å²) in [7, 11) is 0. The molecule has 3 aromatic rings. The zero-order chi connectivity index (χ0) is 19.5. The van der Waals surface area contributed by atoms with Gasteiger partial charge in [0.05, 0.1) is 20.8 Å². The van der Waals surface area contributed by atoms with Crippen LogP contribution >= 0.6 is 11.3 Å². The zero-order valence-electron chi connectivity index (χ0n) is 16.0. The maximum Gasteiger partial charge on any atom is 0.219 e. The monoisotopic (exact) mass is 392 g/mol. The lowest BCUT2D eigenvalue weighted by molar-refractivity contribution is -0.132. The van der Waals surface area contributed by atoms with E-state index in [1.165, 1.54) is 0 Å². The topological polar surface area (TPSA) is 58.1 Å². The molecule has 0 bridgehead atoms. The molecule has 0 saturated carbocycles. The van der Waals surface area contributed by atoms with Crippen LogP contribution < -0.4 is 5.32 Å². The molecule has 0 aromatic carbocycles. The van der Waals surface area contributed by atoms with Gasteiger partial charge in [0, 0.05) is 31.9 Å². The molecular formula is C22H24N4OS. The van der Waals surface area contributed by atoms with Crippen molar-refractivity contribution in [1.82, 2.24) is 20.2 Å². The Bertz CT molecular complexity index is 989. The number of fused-ring (bicyclic) bond motifs is 1. The van der Waals surface area contributed by atoms with E-state index in [-0.39, 0.29) is 5.91 Å².